The van der Waals surface area contributed by atoms with Crippen molar-refractivity contribution in [2.24, 2.45) is 5.92 Å². The van der Waals surface area contributed by atoms with Gasteiger partial charge in [-0.3, -0.25) is 0 Å². The van der Waals surface area contributed by atoms with E-state index in [9.17, 15) is 0 Å². The van der Waals surface area contributed by atoms with E-state index in [1.165, 1.54) is 44.1 Å². The Morgan fingerprint density at radius 1 is 1.11 bits per heavy atom. The molecule has 0 heterocycles. The van der Waals surface area contributed by atoms with Crippen LogP contribution in [0.2, 0.25) is 6.82 Å². The molecule has 0 nitrogen and oxygen atoms in total. The zero-order valence-corrected chi connectivity index (χ0v) is 13.1. The molecule has 0 aromatic heterocycles. The van der Waals surface area contributed by atoms with Crippen LogP contribution in [0.1, 0.15) is 59.8 Å². The Morgan fingerprint density at radius 3 is 2.44 bits per heavy atom. The Balaban J connectivity index is 3.58. The van der Waals surface area contributed by atoms with Crippen molar-refractivity contribution in [2.75, 3.05) is 0 Å². The first kappa shape index (κ1) is 17.3. The molecule has 0 rings (SSSR count). The van der Waals surface area contributed by atoms with Gasteiger partial charge in [-0.1, -0.05) is 49.5 Å². The summed E-state index contributed by atoms with van der Waals surface area (Å²) in [6.45, 7) is 11.2. The summed E-state index contributed by atoms with van der Waals surface area (Å²) < 4.78 is 0. The fourth-order valence-corrected chi connectivity index (χ4v) is 1.78. The molecule has 0 radical (unpaired) electrons. The van der Waals surface area contributed by atoms with Crippen LogP contribution in [0.15, 0.2) is 35.3 Å². The van der Waals surface area contributed by atoms with Gasteiger partial charge in [0.05, 0.1) is 0 Å². The van der Waals surface area contributed by atoms with Crippen LogP contribution in [0.4, 0.5) is 0 Å². The van der Waals surface area contributed by atoms with E-state index in [0.717, 1.165) is 12.3 Å². The summed E-state index contributed by atoms with van der Waals surface area (Å²) in [5, 5.41) is 0. The first-order chi connectivity index (χ1) is 8.57. The summed E-state index contributed by atoms with van der Waals surface area (Å²) in [5.74, 6) is 3.11. The highest BCUT2D eigenvalue weighted by Gasteiger charge is 1.98. The van der Waals surface area contributed by atoms with Crippen LogP contribution in [0.25, 0.3) is 0 Å². The molecule has 0 amide bonds. The molecule has 0 aromatic rings. The third-order valence-electron chi connectivity index (χ3n) is 3.45. The lowest BCUT2D eigenvalue weighted by atomic mass is 9.82. The molecule has 1 unspecified atom stereocenters. The summed E-state index contributed by atoms with van der Waals surface area (Å²) in [6, 6.07) is 0. The van der Waals surface area contributed by atoms with E-state index in [-0.39, 0.29) is 0 Å². The molecule has 0 spiro atoms. The maximum atomic E-state index is 2.36. The standard InChI is InChI=1S/C17H31B/c1-15(2)17(4)13-9-7-6-8-11-16(3)12-10-14-18-5/h7,9-10,14,16,18H,6,8,11-13H2,1-5H3/b9-7+,14-10-. The highest BCUT2D eigenvalue weighted by atomic mass is 14.0. The van der Waals surface area contributed by atoms with E-state index in [1.54, 1.807) is 0 Å². The number of allylic oxidation sites excluding steroid dienone is 5. The molecule has 1 heteroatoms. The SMILES string of the molecule is CB/C=C\CC(C)CCC/C=C/CC(C)=C(C)C. The van der Waals surface area contributed by atoms with Crippen LogP contribution in [0.3, 0.4) is 0 Å². The summed E-state index contributed by atoms with van der Waals surface area (Å²) >= 11 is 0. The molecule has 0 N–H and O–H groups in total. The average molecular weight is 246 g/mol. The van der Waals surface area contributed by atoms with Gasteiger partial charge in [0, 0.05) is 0 Å². The monoisotopic (exact) mass is 246 g/mol. The van der Waals surface area contributed by atoms with Gasteiger partial charge in [-0.25, -0.2) is 0 Å². The highest BCUT2D eigenvalue weighted by Crippen LogP contribution is 2.13. The van der Waals surface area contributed by atoms with Crippen LogP contribution in [0, 0.1) is 5.92 Å². The first-order valence-corrected chi connectivity index (χ1v) is 7.50. The molecule has 18 heavy (non-hydrogen) atoms. The second-order valence-electron chi connectivity index (χ2n) is 5.61. The molecule has 0 aliphatic heterocycles. The van der Waals surface area contributed by atoms with Crippen molar-refractivity contribution in [3.8, 4) is 0 Å². The second-order valence-corrected chi connectivity index (χ2v) is 5.61. The van der Waals surface area contributed by atoms with Gasteiger partial charge in [0.15, 0.2) is 0 Å². The minimum absolute atomic E-state index is 0.834. The molecular formula is C17H31B. The quantitative estimate of drug-likeness (QED) is 0.287. The normalized spacial score (nSPS) is 13.2. The summed E-state index contributed by atoms with van der Waals surface area (Å²) in [6.07, 6.45) is 13.3. The van der Waals surface area contributed by atoms with Gasteiger partial charge in [0.1, 0.15) is 7.28 Å². The summed E-state index contributed by atoms with van der Waals surface area (Å²) in [4.78, 5) is 0. The van der Waals surface area contributed by atoms with E-state index in [4.69, 9.17) is 0 Å². The van der Waals surface area contributed by atoms with Crippen LogP contribution in [-0.4, -0.2) is 7.28 Å². The Bertz CT molecular complexity index is 280. The molecule has 0 aliphatic rings. The number of rotatable bonds is 9. The zero-order chi connectivity index (χ0) is 13.8. The van der Waals surface area contributed by atoms with Gasteiger partial charge >= 0.3 is 0 Å². The Kier molecular flexibility index (Phi) is 10.9. The van der Waals surface area contributed by atoms with E-state index in [0.29, 0.717) is 0 Å². The minimum atomic E-state index is 0.834. The largest absolute Gasteiger partial charge is 0.144 e. The van der Waals surface area contributed by atoms with E-state index in [2.05, 4.69) is 58.7 Å². The minimum Gasteiger partial charge on any atom is -0.124 e. The van der Waals surface area contributed by atoms with Gasteiger partial charge in [-0.15, -0.1) is 5.98 Å². The lowest BCUT2D eigenvalue weighted by Crippen LogP contribution is -1.92. The van der Waals surface area contributed by atoms with Gasteiger partial charge in [0.2, 0.25) is 0 Å². The van der Waals surface area contributed by atoms with Crippen molar-refractivity contribution in [1.29, 1.82) is 0 Å². The third-order valence-corrected chi connectivity index (χ3v) is 3.45. The Labute approximate surface area is 115 Å². The van der Waals surface area contributed by atoms with E-state index >= 15 is 0 Å². The Morgan fingerprint density at radius 2 is 1.83 bits per heavy atom. The molecule has 0 aromatic carbocycles. The van der Waals surface area contributed by atoms with Gasteiger partial charge in [-0.05, 0) is 52.4 Å². The fourth-order valence-electron chi connectivity index (χ4n) is 1.78. The van der Waals surface area contributed by atoms with Crippen LogP contribution >= 0.6 is 0 Å². The summed E-state index contributed by atoms with van der Waals surface area (Å²) in [7, 11) is 1.17. The molecule has 1 atom stereocenters. The van der Waals surface area contributed by atoms with E-state index in [1.807, 2.05) is 0 Å². The van der Waals surface area contributed by atoms with Crippen LogP contribution < -0.4 is 0 Å². The molecular weight excluding hydrogens is 215 g/mol. The van der Waals surface area contributed by atoms with Crippen molar-refractivity contribution in [3.63, 3.8) is 0 Å². The lowest BCUT2D eigenvalue weighted by Gasteiger charge is -2.06. The second kappa shape index (κ2) is 11.4. The molecule has 0 fully saturated rings. The number of unbranched alkanes of at least 4 members (excludes halogenated alkanes) is 1. The maximum absolute atomic E-state index is 2.36. The highest BCUT2D eigenvalue weighted by molar-refractivity contribution is 6.40. The number of hydrogen-bond donors (Lipinski definition) is 0. The molecule has 102 valence electrons. The van der Waals surface area contributed by atoms with Gasteiger partial charge < -0.3 is 0 Å². The lowest BCUT2D eigenvalue weighted by molar-refractivity contribution is 0.519. The van der Waals surface area contributed by atoms with Crippen LogP contribution in [-0.2, 0) is 0 Å². The maximum Gasteiger partial charge on any atom is 0.144 e. The zero-order valence-electron chi connectivity index (χ0n) is 13.1. The predicted octanol–water partition coefficient (Wildman–Crippen LogP) is 5.48. The molecule has 0 saturated heterocycles. The van der Waals surface area contributed by atoms with Crippen molar-refractivity contribution >= 4 is 7.28 Å². The fraction of sp³-hybridized carbons (Fsp3) is 0.647. The Hall–Kier alpha value is -0.715. The number of hydrogen-bond acceptors (Lipinski definition) is 0. The molecule has 0 saturated carbocycles. The topological polar surface area (TPSA) is 0 Å². The summed E-state index contributed by atoms with van der Waals surface area (Å²) in [5.41, 5.74) is 2.96. The smallest absolute Gasteiger partial charge is 0.124 e. The van der Waals surface area contributed by atoms with Crippen molar-refractivity contribution in [1.82, 2.24) is 0 Å². The van der Waals surface area contributed by atoms with Crippen molar-refractivity contribution in [3.05, 3.63) is 35.3 Å². The van der Waals surface area contributed by atoms with Crippen LogP contribution in [0.5, 0.6) is 0 Å². The molecule has 0 bridgehead atoms. The average Bonchev–Trinajstić information content (AvgIpc) is 2.33. The van der Waals surface area contributed by atoms with Crippen molar-refractivity contribution < 1.29 is 0 Å². The third kappa shape index (κ3) is 10.4. The predicted molar refractivity (Wildman–Crippen MR) is 87.6 cm³/mol. The van der Waals surface area contributed by atoms with E-state index < -0.39 is 0 Å². The van der Waals surface area contributed by atoms with Gasteiger partial charge in [-0.2, -0.15) is 0 Å². The van der Waals surface area contributed by atoms with Gasteiger partial charge in [0.25, 0.3) is 0 Å². The van der Waals surface area contributed by atoms with Crippen molar-refractivity contribution in [2.45, 2.75) is 66.6 Å². The molecule has 0 aliphatic carbocycles. The first-order valence-electron chi connectivity index (χ1n) is 7.50.